The number of carbonyl (C=O) groups excluding carboxylic acids is 1. The molecule has 0 bridgehead atoms. The number of benzene rings is 2. The van der Waals surface area contributed by atoms with Gasteiger partial charge in [-0.25, -0.2) is 4.79 Å². The van der Waals surface area contributed by atoms with E-state index in [-0.39, 0.29) is 5.97 Å². The molecule has 0 amide bonds. The third-order valence-electron chi connectivity index (χ3n) is 3.67. The average Bonchev–Trinajstić information content (AvgIpc) is 2.99. The van der Waals surface area contributed by atoms with Gasteiger partial charge in [0.2, 0.25) is 0 Å². The van der Waals surface area contributed by atoms with Crippen molar-refractivity contribution in [2.75, 3.05) is 7.11 Å². The Kier molecular flexibility index (Phi) is 4.35. The van der Waals surface area contributed by atoms with E-state index in [4.69, 9.17) is 9.47 Å². The Balaban J connectivity index is 2.10. The molecule has 118 valence electrons. The molecule has 0 saturated heterocycles. The summed E-state index contributed by atoms with van der Waals surface area (Å²) in [5, 5.41) is 1.03. The highest BCUT2D eigenvalue weighted by Crippen LogP contribution is 2.37. The van der Waals surface area contributed by atoms with Gasteiger partial charge in [0, 0.05) is 15.0 Å². The molecule has 0 saturated carbocycles. The highest BCUT2D eigenvalue weighted by atomic mass is 32.1. The van der Waals surface area contributed by atoms with Crippen molar-refractivity contribution in [2.24, 2.45) is 0 Å². The fourth-order valence-electron chi connectivity index (χ4n) is 2.39. The first-order valence-corrected chi connectivity index (χ1v) is 8.31. The Hall–Kier alpha value is -2.33. The minimum atomic E-state index is -0.355. The first kappa shape index (κ1) is 15.6. The Morgan fingerprint density at radius 1 is 1.13 bits per heavy atom. The molecule has 1 aromatic heterocycles. The number of methoxy groups -OCH3 is 1. The monoisotopic (exact) mass is 326 g/mol. The first-order valence-electron chi connectivity index (χ1n) is 7.50. The molecule has 4 heteroatoms. The Morgan fingerprint density at radius 2 is 1.87 bits per heavy atom. The van der Waals surface area contributed by atoms with E-state index in [0.717, 1.165) is 22.3 Å². The molecular weight excluding hydrogens is 308 g/mol. The minimum Gasteiger partial charge on any atom is -0.465 e. The molecule has 0 spiro atoms. The van der Waals surface area contributed by atoms with Crippen LogP contribution in [-0.4, -0.2) is 13.1 Å². The quantitative estimate of drug-likeness (QED) is 0.606. The summed E-state index contributed by atoms with van der Waals surface area (Å²) in [5.41, 5.74) is 1.68. The smallest absolute Gasteiger partial charge is 0.338 e. The minimum absolute atomic E-state index is 0.355. The van der Waals surface area contributed by atoms with Crippen LogP contribution in [0.5, 0.6) is 11.5 Å². The Bertz CT molecular complexity index is 847. The van der Waals surface area contributed by atoms with Crippen LogP contribution in [0, 0.1) is 6.92 Å². The highest BCUT2D eigenvalue weighted by Gasteiger charge is 2.14. The molecule has 3 nitrogen and oxygen atoms in total. The zero-order valence-corrected chi connectivity index (χ0v) is 14.2. The first-order chi connectivity index (χ1) is 11.1. The van der Waals surface area contributed by atoms with Crippen LogP contribution >= 0.6 is 11.3 Å². The van der Waals surface area contributed by atoms with Crippen LogP contribution in [0.25, 0.3) is 10.1 Å². The van der Waals surface area contributed by atoms with E-state index in [1.54, 1.807) is 17.4 Å². The van der Waals surface area contributed by atoms with Crippen LogP contribution in [0.4, 0.5) is 0 Å². The molecule has 0 atom stereocenters. The highest BCUT2D eigenvalue weighted by molar-refractivity contribution is 7.19. The van der Waals surface area contributed by atoms with Gasteiger partial charge in [-0.2, -0.15) is 0 Å². The molecule has 0 N–H and O–H groups in total. The van der Waals surface area contributed by atoms with Crippen molar-refractivity contribution in [3.8, 4) is 11.5 Å². The van der Waals surface area contributed by atoms with E-state index in [1.165, 1.54) is 17.6 Å². The molecule has 2 aromatic carbocycles. The predicted molar refractivity (Wildman–Crippen MR) is 93.8 cm³/mol. The fraction of sp³-hybridized carbons (Fsp3) is 0.211. The van der Waals surface area contributed by atoms with Crippen molar-refractivity contribution in [2.45, 2.75) is 20.3 Å². The number of fused-ring (bicyclic) bond motifs is 1. The third-order valence-corrected chi connectivity index (χ3v) is 4.90. The maximum atomic E-state index is 11.9. The summed E-state index contributed by atoms with van der Waals surface area (Å²) in [6.45, 7) is 4.15. The summed E-state index contributed by atoms with van der Waals surface area (Å²) in [7, 11) is 1.39. The third kappa shape index (κ3) is 3.22. The molecule has 1 heterocycles. The molecular formula is C19H18O3S. The van der Waals surface area contributed by atoms with E-state index in [0.29, 0.717) is 11.3 Å². The fourth-order valence-corrected chi connectivity index (χ4v) is 3.45. The van der Waals surface area contributed by atoms with Gasteiger partial charge in [-0.05, 0) is 43.7 Å². The summed E-state index contributed by atoms with van der Waals surface area (Å²) < 4.78 is 11.9. The largest absolute Gasteiger partial charge is 0.465 e. The van der Waals surface area contributed by atoms with Crippen LogP contribution < -0.4 is 4.74 Å². The molecule has 0 aliphatic rings. The number of esters is 1. The van der Waals surface area contributed by atoms with E-state index in [9.17, 15) is 4.79 Å². The number of aryl methyl sites for hydroxylation is 2. The second-order valence-corrected chi connectivity index (χ2v) is 6.53. The van der Waals surface area contributed by atoms with E-state index in [1.807, 2.05) is 37.3 Å². The summed E-state index contributed by atoms with van der Waals surface area (Å²) in [4.78, 5) is 13.2. The van der Waals surface area contributed by atoms with Crippen LogP contribution in [-0.2, 0) is 11.2 Å². The Morgan fingerprint density at radius 3 is 2.52 bits per heavy atom. The molecule has 3 aromatic rings. The molecule has 0 fully saturated rings. The second-order valence-electron chi connectivity index (χ2n) is 5.36. The molecule has 23 heavy (non-hydrogen) atoms. The van der Waals surface area contributed by atoms with Gasteiger partial charge < -0.3 is 9.47 Å². The lowest BCUT2D eigenvalue weighted by Gasteiger charge is -2.09. The van der Waals surface area contributed by atoms with E-state index < -0.39 is 0 Å². The number of thiophene rings is 1. The predicted octanol–water partition coefficient (Wildman–Crippen LogP) is 5.35. The average molecular weight is 326 g/mol. The van der Waals surface area contributed by atoms with Crippen LogP contribution in [0.2, 0.25) is 0 Å². The van der Waals surface area contributed by atoms with E-state index >= 15 is 0 Å². The normalized spacial score (nSPS) is 10.7. The standard InChI is InChI=1S/C19H18O3S/c1-4-15-11-16-17(22-14-7-5-12(2)6-8-14)9-13(19(20)21-3)10-18(16)23-15/h5-11H,4H2,1-3H3. The summed E-state index contributed by atoms with van der Waals surface area (Å²) in [6, 6.07) is 13.6. The van der Waals surface area contributed by atoms with Gasteiger partial charge in [0.25, 0.3) is 0 Å². The van der Waals surface area contributed by atoms with Crippen molar-refractivity contribution >= 4 is 27.4 Å². The van der Waals surface area contributed by atoms with Gasteiger partial charge >= 0.3 is 5.97 Å². The number of hydrogen-bond acceptors (Lipinski definition) is 4. The molecule has 0 aliphatic carbocycles. The Labute approximate surface area is 139 Å². The zero-order valence-electron chi connectivity index (χ0n) is 13.4. The summed E-state index contributed by atoms with van der Waals surface area (Å²) in [6.07, 6.45) is 0.955. The van der Waals surface area contributed by atoms with Crippen molar-refractivity contribution in [3.05, 3.63) is 58.5 Å². The van der Waals surface area contributed by atoms with Gasteiger partial charge in [-0.15, -0.1) is 11.3 Å². The van der Waals surface area contributed by atoms with Crippen molar-refractivity contribution < 1.29 is 14.3 Å². The lowest BCUT2D eigenvalue weighted by molar-refractivity contribution is 0.0600. The van der Waals surface area contributed by atoms with Gasteiger partial charge in [-0.3, -0.25) is 0 Å². The van der Waals surface area contributed by atoms with Gasteiger partial charge in [0.05, 0.1) is 12.7 Å². The zero-order chi connectivity index (χ0) is 16.4. The second kappa shape index (κ2) is 6.42. The molecule has 0 radical (unpaired) electrons. The summed E-state index contributed by atoms with van der Waals surface area (Å²) >= 11 is 1.68. The lowest BCUT2D eigenvalue weighted by atomic mass is 10.1. The SMILES string of the molecule is CCc1cc2c(Oc3ccc(C)cc3)cc(C(=O)OC)cc2s1. The number of carbonyl (C=O) groups is 1. The number of hydrogen-bond donors (Lipinski definition) is 0. The topological polar surface area (TPSA) is 35.5 Å². The molecule has 0 unspecified atom stereocenters. The van der Waals surface area contributed by atoms with Crippen molar-refractivity contribution in [3.63, 3.8) is 0 Å². The maximum Gasteiger partial charge on any atom is 0.338 e. The van der Waals surface area contributed by atoms with Crippen LogP contribution in [0.3, 0.4) is 0 Å². The maximum absolute atomic E-state index is 11.9. The van der Waals surface area contributed by atoms with Crippen molar-refractivity contribution in [1.29, 1.82) is 0 Å². The molecule has 0 aliphatic heterocycles. The molecule has 3 rings (SSSR count). The summed E-state index contributed by atoms with van der Waals surface area (Å²) in [5.74, 6) is 1.08. The number of rotatable bonds is 4. The van der Waals surface area contributed by atoms with Gasteiger partial charge in [0.1, 0.15) is 11.5 Å². The lowest BCUT2D eigenvalue weighted by Crippen LogP contribution is -2.01. The van der Waals surface area contributed by atoms with Crippen molar-refractivity contribution in [1.82, 2.24) is 0 Å². The van der Waals surface area contributed by atoms with E-state index in [2.05, 4.69) is 13.0 Å². The van der Waals surface area contributed by atoms with Gasteiger partial charge in [0.15, 0.2) is 0 Å². The van der Waals surface area contributed by atoms with Gasteiger partial charge in [-0.1, -0.05) is 24.6 Å². The van der Waals surface area contributed by atoms with Crippen LogP contribution in [0.15, 0.2) is 42.5 Å². The number of ether oxygens (including phenoxy) is 2. The van der Waals surface area contributed by atoms with Crippen LogP contribution in [0.1, 0.15) is 27.7 Å².